The molecule has 106 valence electrons. The SMILES string of the molecule is Cc1ccc(COc2ccc3cc(C(=O)O)sc3c2)cc1. The Bertz CT molecular complexity index is 787. The van der Waals surface area contributed by atoms with Crippen LogP contribution in [0.2, 0.25) is 0 Å². The van der Waals surface area contributed by atoms with Crippen LogP contribution in [0.15, 0.2) is 48.5 Å². The van der Waals surface area contributed by atoms with Crippen molar-refractivity contribution >= 4 is 27.4 Å². The van der Waals surface area contributed by atoms with Gasteiger partial charge in [-0.1, -0.05) is 29.8 Å². The van der Waals surface area contributed by atoms with Crippen molar-refractivity contribution in [3.63, 3.8) is 0 Å². The fourth-order valence-electron chi connectivity index (χ4n) is 2.06. The molecule has 0 aliphatic rings. The zero-order chi connectivity index (χ0) is 14.8. The van der Waals surface area contributed by atoms with E-state index in [-0.39, 0.29) is 0 Å². The first kappa shape index (κ1) is 13.6. The van der Waals surface area contributed by atoms with Gasteiger partial charge in [-0.3, -0.25) is 0 Å². The maximum Gasteiger partial charge on any atom is 0.345 e. The molecule has 1 heterocycles. The predicted octanol–water partition coefficient (Wildman–Crippen LogP) is 4.49. The third-order valence-electron chi connectivity index (χ3n) is 3.23. The van der Waals surface area contributed by atoms with Crippen LogP contribution >= 0.6 is 11.3 Å². The molecule has 0 unspecified atom stereocenters. The Morgan fingerprint density at radius 2 is 1.90 bits per heavy atom. The third kappa shape index (κ3) is 3.06. The Kier molecular flexibility index (Phi) is 3.62. The second-order valence-electron chi connectivity index (χ2n) is 4.89. The normalized spacial score (nSPS) is 10.7. The summed E-state index contributed by atoms with van der Waals surface area (Å²) in [4.78, 5) is 11.3. The molecule has 21 heavy (non-hydrogen) atoms. The van der Waals surface area contributed by atoms with E-state index in [2.05, 4.69) is 19.1 Å². The number of carboxylic acids is 1. The van der Waals surface area contributed by atoms with Crippen LogP contribution in [0.1, 0.15) is 20.8 Å². The first-order valence-electron chi connectivity index (χ1n) is 6.57. The zero-order valence-electron chi connectivity index (χ0n) is 11.5. The highest BCUT2D eigenvalue weighted by molar-refractivity contribution is 7.20. The van der Waals surface area contributed by atoms with Crippen molar-refractivity contribution in [1.29, 1.82) is 0 Å². The van der Waals surface area contributed by atoms with Crippen LogP contribution in [0, 0.1) is 6.92 Å². The summed E-state index contributed by atoms with van der Waals surface area (Å²) in [6.07, 6.45) is 0. The minimum atomic E-state index is -0.890. The van der Waals surface area contributed by atoms with Gasteiger partial charge in [-0.25, -0.2) is 4.79 Å². The van der Waals surface area contributed by atoms with E-state index < -0.39 is 5.97 Å². The van der Waals surface area contributed by atoms with Gasteiger partial charge in [-0.05, 0) is 42.1 Å². The average molecular weight is 298 g/mol. The van der Waals surface area contributed by atoms with Gasteiger partial charge in [0.2, 0.25) is 0 Å². The summed E-state index contributed by atoms with van der Waals surface area (Å²) in [6, 6.07) is 15.5. The molecule has 4 heteroatoms. The average Bonchev–Trinajstić information content (AvgIpc) is 2.90. The summed E-state index contributed by atoms with van der Waals surface area (Å²) in [7, 11) is 0. The molecule has 3 aromatic rings. The molecule has 2 aromatic carbocycles. The number of thiophene rings is 1. The van der Waals surface area contributed by atoms with Crippen LogP contribution < -0.4 is 4.74 Å². The number of hydrogen-bond acceptors (Lipinski definition) is 3. The summed E-state index contributed by atoms with van der Waals surface area (Å²) in [5.41, 5.74) is 2.33. The standard InChI is InChI=1S/C17H14O3S/c1-11-2-4-12(5-3-11)10-20-14-7-6-13-8-16(17(18)19)21-15(13)9-14/h2-9H,10H2,1H3,(H,18,19). The van der Waals surface area contributed by atoms with Gasteiger partial charge in [0.15, 0.2) is 0 Å². The lowest BCUT2D eigenvalue weighted by Gasteiger charge is -2.06. The molecule has 1 aromatic heterocycles. The lowest BCUT2D eigenvalue weighted by Crippen LogP contribution is -1.94. The van der Waals surface area contributed by atoms with E-state index in [1.165, 1.54) is 16.9 Å². The molecule has 0 atom stereocenters. The van der Waals surface area contributed by atoms with E-state index >= 15 is 0 Å². The topological polar surface area (TPSA) is 46.5 Å². The number of benzene rings is 2. The quantitative estimate of drug-likeness (QED) is 0.772. The van der Waals surface area contributed by atoms with Gasteiger partial charge in [0.05, 0.1) is 0 Å². The van der Waals surface area contributed by atoms with Crippen molar-refractivity contribution in [1.82, 2.24) is 0 Å². The number of carboxylic acid groups (broad SMARTS) is 1. The zero-order valence-corrected chi connectivity index (χ0v) is 12.3. The molecule has 0 amide bonds. The van der Waals surface area contributed by atoms with E-state index in [0.717, 1.165) is 21.4 Å². The molecule has 0 aliphatic carbocycles. The Morgan fingerprint density at radius 1 is 1.14 bits per heavy atom. The highest BCUT2D eigenvalue weighted by atomic mass is 32.1. The monoisotopic (exact) mass is 298 g/mol. The summed E-state index contributed by atoms with van der Waals surface area (Å²) >= 11 is 1.26. The minimum absolute atomic E-state index is 0.348. The third-order valence-corrected chi connectivity index (χ3v) is 4.31. The van der Waals surface area contributed by atoms with Crippen LogP contribution in [0.25, 0.3) is 10.1 Å². The van der Waals surface area contributed by atoms with E-state index in [0.29, 0.717) is 11.5 Å². The molecular formula is C17H14O3S. The van der Waals surface area contributed by atoms with Gasteiger partial charge in [-0.15, -0.1) is 11.3 Å². The molecule has 1 N–H and O–H groups in total. The van der Waals surface area contributed by atoms with Gasteiger partial charge >= 0.3 is 5.97 Å². The predicted molar refractivity (Wildman–Crippen MR) is 84.3 cm³/mol. The van der Waals surface area contributed by atoms with Crippen molar-refractivity contribution < 1.29 is 14.6 Å². The first-order valence-corrected chi connectivity index (χ1v) is 7.39. The summed E-state index contributed by atoms with van der Waals surface area (Å²) in [6.45, 7) is 2.55. The van der Waals surface area contributed by atoms with E-state index in [1.807, 2.05) is 30.3 Å². The molecule has 0 radical (unpaired) electrons. The molecule has 0 saturated carbocycles. The van der Waals surface area contributed by atoms with E-state index in [9.17, 15) is 4.79 Å². The molecule has 3 nitrogen and oxygen atoms in total. The fraction of sp³-hybridized carbons (Fsp3) is 0.118. The number of aryl methyl sites for hydroxylation is 1. The first-order chi connectivity index (χ1) is 10.1. The summed E-state index contributed by atoms with van der Waals surface area (Å²) < 4.78 is 6.69. The molecule has 3 rings (SSSR count). The molecule has 0 spiro atoms. The summed E-state index contributed by atoms with van der Waals surface area (Å²) in [5, 5.41) is 9.94. The van der Waals surface area contributed by atoms with Crippen LogP contribution in [0.3, 0.4) is 0 Å². The Balaban J connectivity index is 1.77. The maximum atomic E-state index is 11.0. The van der Waals surface area contributed by atoms with Crippen molar-refractivity contribution in [3.8, 4) is 5.75 Å². The highest BCUT2D eigenvalue weighted by Gasteiger charge is 2.09. The molecule has 0 fully saturated rings. The van der Waals surface area contributed by atoms with E-state index in [1.54, 1.807) is 6.07 Å². The van der Waals surface area contributed by atoms with Crippen LogP contribution in [0.4, 0.5) is 0 Å². The van der Waals surface area contributed by atoms with Crippen LogP contribution in [0.5, 0.6) is 5.75 Å². The number of carbonyl (C=O) groups is 1. The van der Waals surface area contributed by atoms with Crippen LogP contribution in [-0.2, 0) is 6.61 Å². The smallest absolute Gasteiger partial charge is 0.345 e. The summed E-state index contributed by atoms with van der Waals surface area (Å²) in [5.74, 6) is -0.139. The lowest BCUT2D eigenvalue weighted by molar-refractivity contribution is 0.0702. The number of hydrogen-bond donors (Lipinski definition) is 1. The second kappa shape index (κ2) is 5.58. The largest absolute Gasteiger partial charge is 0.489 e. The number of aromatic carboxylic acids is 1. The lowest BCUT2D eigenvalue weighted by atomic mass is 10.2. The Labute approximate surface area is 126 Å². The van der Waals surface area contributed by atoms with Gasteiger partial charge in [0.25, 0.3) is 0 Å². The Hall–Kier alpha value is -2.33. The Morgan fingerprint density at radius 3 is 2.62 bits per heavy atom. The van der Waals surface area contributed by atoms with Gasteiger partial charge in [0, 0.05) is 4.70 Å². The molecular weight excluding hydrogens is 284 g/mol. The minimum Gasteiger partial charge on any atom is -0.489 e. The van der Waals surface area contributed by atoms with Crippen molar-refractivity contribution in [2.75, 3.05) is 0 Å². The van der Waals surface area contributed by atoms with Gasteiger partial charge in [-0.2, -0.15) is 0 Å². The second-order valence-corrected chi connectivity index (χ2v) is 5.97. The van der Waals surface area contributed by atoms with Crippen molar-refractivity contribution in [2.45, 2.75) is 13.5 Å². The highest BCUT2D eigenvalue weighted by Crippen LogP contribution is 2.29. The molecule has 0 saturated heterocycles. The van der Waals surface area contributed by atoms with Gasteiger partial charge in [0.1, 0.15) is 17.2 Å². The number of ether oxygens (including phenoxy) is 1. The maximum absolute atomic E-state index is 11.0. The number of fused-ring (bicyclic) bond motifs is 1. The van der Waals surface area contributed by atoms with Crippen LogP contribution in [-0.4, -0.2) is 11.1 Å². The number of rotatable bonds is 4. The molecule has 0 bridgehead atoms. The van der Waals surface area contributed by atoms with E-state index in [4.69, 9.17) is 9.84 Å². The van der Waals surface area contributed by atoms with Crippen molar-refractivity contribution in [2.24, 2.45) is 0 Å². The van der Waals surface area contributed by atoms with Gasteiger partial charge < -0.3 is 9.84 Å². The van der Waals surface area contributed by atoms with Crippen molar-refractivity contribution in [3.05, 3.63) is 64.5 Å². The molecule has 0 aliphatic heterocycles. The fourth-order valence-corrected chi connectivity index (χ4v) is 2.99.